The van der Waals surface area contributed by atoms with E-state index >= 15 is 0 Å². The van der Waals surface area contributed by atoms with Crippen molar-refractivity contribution in [1.29, 1.82) is 0 Å². The minimum Gasteiger partial charge on any atom is -0.444 e. The molecule has 3 fully saturated rings. The molecule has 0 spiro atoms. The van der Waals surface area contributed by atoms with Crippen LogP contribution in [0.3, 0.4) is 0 Å². The third-order valence-electron chi connectivity index (χ3n) is 17.6. The molecule has 0 saturated carbocycles. The molecule has 0 bridgehead atoms. The van der Waals surface area contributed by atoms with Gasteiger partial charge in [-0.2, -0.15) is 0 Å². The Balaban J connectivity index is 0.000000199. The third-order valence-corrected chi connectivity index (χ3v) is 18.3. The number of hydrogen-bond acceptors (Lipinski definition) is 14. The first-order valence-corrected chi connectivity index (χ1v) is 36.5. The number of nitrogens with zero attached hydrogens (tertiary/aromatic N) is 7. The van der Waals surface area contributed by atoms with Gasteiger partial charge in [0, 0.05) is 98.6 Å². The monoisotopic (exact) mass is 1440 g/mol. The summed E-state index contributed by atoms with van der Waals surface area (Å²) in [5, 5.41) is 15.3. The second-order valence-corrected chi connectivity index (χ2v) is 29.6. The Morgan fingerprint density at radius 3 is 1.30 bits per heavy atom. The summed E-state index contributed by atoms with van der Waals surface area (Å²) in [7, 11) is 0.686. The number of amides is 3. The van der Waals surface area contributed by atoms with Crippen molar-refractivity contribution in [2.75, 3.05) is 59.5 Å². The van der Waals surface area contributed by atoms with Crippen molar-refractivity contribution in [2.45, 2.75) is 196 Å². The maximum atomic E-state index is 12.2. The number of aliphatic hydroxyl groups excluding tert-OH is 1. The zero-order chi connectivity index (χ0) is 74.8. The van der Waals surface area contributed by atoms with Crippen molar-refractivity contribution >= 4 is 90.5 Å². The van der Waals surface area contributed by atoms with Gasteiger partial charge in [-0.3, -0.25) is 19.9 Å². The Morgan fingerprint density at radius 2 is 0.881 bits per heavy atom. The molecule has 4 aromatic carbocycles. The number of pyridine rings is 4. The lowest BCUT2D eigenvalue weighted by atomic mass is 9.75. The Bertz CT molecular complexity index is 3990. The fourth-order valence-corrected chi connectivity index (χ4v) is 12.5. The molecule has 5 aliphatic heterocycles. The molecule has 0 aliphatic carbocycles. The molecule has 101 heavy (non-hydrogen) atoms. The number of hydrogen-bond donors (Lipinski definition) is 2. The van der Waals surface area contributed by atoms with E-state index in [0.717, 1.165) is 102 Å². The standard InChI is InChI=1S/C19H24N2O2.C19H22N2O2.C16H28BNO4.C14H16N2.C9H6BrN.2C2H6.CH4O/c2*1-19(2,3)23-18(22)21-12-9-14(10-13-21)15-8-11-20-17-7-5-4-6-16(15)17;1-14(2,3)20-13(19)18-10-8-12(9-11-18)17-21-15(4,5)16(6,7)22-17;1-2-4-14-13(3-1)12(7-10-16-14)11-5-8-15-9-6-11;10-8-5-6-11-9-4-2-1-3-7(8)9;3*1-2/h4-8,11,14H,9-10,12-13H2,1-3H3;4-9,11H,10,12-13H2,1-3H3;8H,9-11H2,1-7H3;1-4,7,10-11,15H,5-6,8-9H2;1-6H;2*1-2H3;2H,1H3/i;;;;;1D;;. The zero-order valence-corrected chi connectivity index (χ0v) is 64.7. The molecule has 0 unspecified atom stereocenters. The zero-order valence-electron chi connectivity index (χ0n) is 64.1. The third kappa shape index (κ3) is 24.2. The average molecular weight is 1450 g/mol. The normalized spacial score (nSPS) is 16.8. The van der Waals surface area contributed by atoms with E-state index < -0.39 is 16.8 Å². The van der Waals surface area contributed by atoms with Gasteiger partial charge in [-0.25, -0.2) is 14.4 Å². The number of carbonyl (C=O) groups is 3. The summed E-state index contributed by atoms with van der Waals surface area (Å²) in [6.07, 6.45) is 16.9. The molecule has 13 rings (SSSR count). The molecule has 0 atom stereocenters. The van der Waals surface area contributed by atoms with Crippen LogP contribution in [0.4, 0.5) is 14.4 Å². The molecule has 544 valence electrons. The summed E-state index contributed by atoms with van der Waals surface area (Å²) in [6, 6.07) is 41.2. The van der Waals surface area contributed by atoms with Crippen LogP contribution in [0.2, 0.25) is 0 Å². The fraction of sp³-hybridized carbons (Fsp3) is 0.476. The van der Waals surface area contributed by atoms with Crippen LogP contribution in [0.25, 0.3) is 49.2 Å². The lowest BCUT2D eigenvalue weighted by Gasteiger charge is -2.33. The number of para-hydroxylation sites is 4. The maximum absolute atomic E-state index is 12.2. The van der Waals surface area contributed by atoms with Crippen LogP contribution in [-0.4, -0.2) is 153 Å². The Morgan fingerprint density at radius 1 is 0.515 bits per heavy atom. The van der Waals surface area contributed by atoms with Crippen LogP contribution < -0.4 is 5.32 Å². The molecule has 4 aromatic heterocycles. The number of rotatable bonds is 4. The van der Waals surface area contributed by atoms with E-state index in [-0.39, 0.29) is 36.6 Å². The molecule has 9 heterocycles. The van der Waals surface area contributed by atoms with Crippen LogP contribution in [0.15, 0.2) is 168 Å². The highest BCUT2D eigenvalue weighted by Crippen LogP contribution is 2.40. The van der Waals surface area contributed by atoms with Gasteiger partial charge in [0.25, 0.3) is 0 Å². The Hall–Kier alpha value is -7.81. The summed E-state index contributed by atoms with van der Waals surface area (Å²) in [5.41, 5.74) is 8.58. The highest BCUT2D eigenvalue weighted by molar-refractivity contribution is 9.10. The van der Waals surface area contributed by atoms with Crippen LogP contribution in [0.5, 0.6) is 0 Å². The molecule has 2 N–H and O–H groups in total. The number of nitrogens with one attached hydrogen (secondary N) is 1. The SMILES string of the molecule is Brc1ccnc2ccccc12.CC.CC(C)(C)OC(=O)N1CC=C(B2OC(C)(C)C(C)(C)O2)CC1.CC(C)(C)OC(=O)N1CC=C(c2ccnc3ccccc23)CC1.CC(C)(C)OC(=O)N1CCC(c2ccnc3ccccc23)CC1.CO.[2H]CC.c1ccc2c(C3CCNCC3)ccnc2c1. The average Bonchev–Trinajstić information content (AvgIpc) is 1.58. The molecule has 0 radical (unpaired) electrons. The molecule has 17 nitrogen and oxygen atoms in total. The molecule has 3 amide bonds. The largest absolute Gasteiger partial charge is 0.490 e. The number of ether oxygens (including phenoxy) is 3. The van der Waals surface area contributed by atoms with Gasteiger partial charge in [0.15, 0.2) is 0 Å². The smallest absolute Gasteiger partial charge is 0.444 e. The lowest BCUT2D eigenvalue weighted by molar-refractivity contribution is 0.00578. The first-order valence-electron chi connectivity index (χ1n) is 36.4. The van der Waals surface area contributed by atoms with Crippen molar-refractivity contribution in [3.8, 4) is 0 Å². The van der Waals surface area contributed by atoms with Gasteiger partial charge in [-0.15, -0.1) is 0 Å². The lowest BCUT2D eigenvalue weighted by Crippen LogP contribution is -2.41. The molecule has 5 aliphatic rings. The highest BCUT2D eigenvalue weighted by atomic mass is 79.9. The van der Waals surface area contributed by atoms with E-state index in [1.807, 2.05) is 188 Å². The predicted octanol–water partition coefficient (Wildman–Crippen LogP) is 19.2. The number of fused-ring (bicyclic) bond motifs is 4. The topological polar surface area (TPSA) is 191 Å². The van der Waals surface area contributed by atoms with Crippen LogP contribution >= 0.6 is 15.9 Å². The van der Waals surface area contributed by atoms with E-state index in [4.69, 9.17) is 30.0 Å². The van der Waals surface area contributed by atoms with Gasteiger partial charge in [-0.05, 0) is 230 Å². The minimum atomic E-state index is -0.465. The van der Waals surface area contributed by atoms with Crippen molar-refractivity contribution in [2.24, 2.45) is 0 Å². The summed E-state index contributed by atoms with van der Waals surface area (Å²) >= 11 is 3.46. The summed E-state index contributed by atoms with van der Waals surface area (Å²) < 4.78 is 35.7. The number of likely N-dealkylation sites (tertiary alicyclic amines) is 1. The number of piperidine rings is 2. The van der Waals surface area contributed by atoms with E-state index in [2.05, 4.69) is 114 Å². The Kier molecular flexibility index (Phi) is 30.7. The summed E-state index contributed by atoms with van der Waals surface area (Å²) in [4.78, 5) is 59.1. The van der Waals surface area contributed by atoms with E-state index in [1.54, 1.807) is 22.9 Å². The fourth-order valence-electron chi connectivity index (χ4n) is 12.0. The minimum absolute atomic E-state index is 0.199. The van der Waals surface area contributed by atoms with Crippen LogP contribution in [-0.2, 0) is 23.5 Å². The van der Waals surface area contributed by atoms with E-state index in [0.29, 0.717) is 44.9 Å². The molecular weight excluding hydrogens is 1330 g/mol. The summed E-state index contributed by atoms with van der Waals surface area (Å²) in [6.45, 7) is 37.7. The van der Waals surface area contributed by atoms with Crippen molar-refractivity contribution in [3.63, 3.8) is 0 Å². The second kappa shape index (κ2) is 38.5. The Labute approximate surface area is 611 Å². The first-order chi connectivity index (χ1) is 48.5. The molecule has 3 saturated heterocycles. The van der Waals surface area contributed by atoms with Gasteiger partial charge >= 0.3 is 25.4 Å². The second-order valence-electron chi connectivity index (χ2n) is 28.7. The predicted molar refractivity (Wildman–Crippen MR) is 417 cm³/mol. The van der Waals surface area contributed by atoms with E-state index in [1.165, 1.54) is 45.9 Å². The maximum Gasteiger partial charge on any atom is 0.490 e. The van der Waals surface area contributed by atoms with Crippen LogP contribution in [0, 0.1) is 0 Å². The van der Waals surface area contributed by atoms with Crippen molar-refractivity contribution in [1.82, 2.24) is 40.0 Å². The number of aromatic nitrogens is 4. The molecule has 8 aromatic rings. The number of aliphatic hydroxyl groups is 1. The number of halogens is 1. The van der Waals surface area contributed by atoms with Crippen LogP contribution in [0.1, 0.15) is 186 Å². The first kappa shape index (κ1) is 80.5. The van der Waals surface area contributed by atoms with Gasteiger partial charge in [0.05, 0.1) is 33.3 Å². The van der Waals surface area contributed by atoms with Gasteiger partial charge in [-0.1, -0.05) is 129 Å². The number of benzene rings is 4. The summed E-state index contributed by atoms with van der Waals surface area (Å²) in [5.74, 6) is 1.18. The van der Waals surface area contributed by atoms with Crippen molar-refractivity contribution in [3.05, 3.63) is 185 Å². The van der Waals surface area contributed by atoms with Gasteiger partial charge in [0.1, 0.15) is 16.8 Å². The highest BCUT2D eigenvalue weighted by Gasteiger charge is 2.52. The quantitative estimate of drug-likeness (QED) is 0.125. The molecular formula is C82H112BBrN8O9. The van der Waals surface area contributed by atoms with Crippen molar-refractivity contribution < 1.29 is 44.4 Å². The van der Waals surface area contributed by atoms with Gasteiger partial charge in [0.2, 0.25) is 0 Å². The molecule has 19 heteroatoms. The van der Waals surface area contributed by atoms with Gasteiger partial charge < -0.3 is 48.6 Å². The number of carbonyl (C=O) groups excluding carboxylic acids is 3. The van der Waals surface area contributed by atoms with E-state index in [9.17, 15) is 14.4 Å².